The van der Waals surface area contributed by atoms with E-state index in [9.17, 15) is 4.39 Å². The third-order valence-corrected chi connectivity index (χ3v) is 2.72. The number of hydrogen-bond donors (Lipinski definition) is 1. The maximum absolute atomic E-state index is 14.1. The normalized spacial score (nSPS) is 10.3. The van der Waals surface area contributed by atoms with Crippen LogP contribution in [-0.2, 0) is 0 Å². The average molecular weight is 231 g/mol. The Morgan fingerprint density at radius 3 is 2.53 bits per heavy atom. The maximum Gasteiger partial charge on any atom is 0.172 e. The predicted molar refractivity (Wildman–Crippen MR) is 67.5 cm³/mol. The van der Waals surface area contributed by atoms with Gasteiger partial charge in [-0.15, -0.1) is 0 Å². The SMILES string of the molecule is COc1cccc(-c2ccc(N)cc2C)c1F. The highest BCUT2D eigenvalue weighted by atomic mass is 19.1. The molecule has 2 nitrogen and oxygen atoms in total. The van der Waals surface area contributed by atoms with Crippen LogP contribution in [0, 0.1) is 12.7 Å². The minimum Gasteiger partial charge on any atom is -0.494 e. The highest BCUT2D eigenvalue weighted by molar-refractivity contribution is 5.71. The average Bonchev–Trinajstić information content (AvgIpc) is 2.30. The zero-order valence-corrected chi connectivity index (χ0v) is 9.83. The van der Waals surface area contributed by atoms with Crippen LogP contribution in [0.1, 0.15) is 5.56 Å². The molecule has 0 unspecified atom stereocenters. The largest absolute Gasteiger partial charge is 0.494 e. The Morgan fingerprint density at radius 2 is 1.88 bits per heavy atom. The van der Waals surface area contributed by atoms with E-state index in [1.54, 1.807) is 24.3 Å². The first-order valence-corrected chi connectivity index (χ1v) is 5.32. The van der Waals surface area contributed by atoms with Crippen molar-refractivity contribution in [3.05, 3.63) is 47.8 Å². The van der Waals surface area contributed by atoms with E-state index in [-0.39, 0.29) is 11.6 Å². The van der Waals surface area contributed by atoms with E-state index in [1.165, 1.54) is 7.11 Å². The van der Waals surface area contributed by atoms with Crippen molar-refractivity contribution in [1.82, 2.24) is 0 Å². The molecule has 0 fully saturated rings. The third kappa shape index (κ3) is 2.09. The summed E-state index contributed by atoms with van der Waals surface area (Å²) in [6, 6.07) is 10.5. The van der Waals surface area contributed by atoms with Gasteiger partial charge in [0.25, 0.3) is 0 Å². The van der Waals surface area contributed by atoms with Crippen molar-refractivity contribution in [2.24, 2.45) is 0 Å². The van der Waals surface area contributed by atoms with Crippen LogP contribution in [-0.4, -0.2) is 7.11 Å². The topological polar surface area (TPSA) is 35.2 Å². The Balaban J connectivity index is 2.60. The Kier molecular flexibility index (Phi) is 3.00. The molecular formula is C14H14FNO. The van der Waals surface area contributed by atoms with E-state index < -0.39 is 0 Å². The summed E-state index contributed by atoms with van der Waals surface area (Å²) in [6.45, 7) is 1.91. The number of ether oxygens (including phenoxy) is 1. The number of anilines is 1. The minimum atomic E-state index is -0.345. The van der Waals surface area contributed by atoms with Gasteiger partial charge in [-0.25, -0.2) is 4.39 Å². The molecule has 0 atom stereocenters. The van der Waals surface area contributed by atoms with Crippen LogP contribution in [0.3, 0.4) is 0 Å². The van der Waals surface area contributed by atoms with Crippen LogP contribution in [0.5, 0.6) is 5.75 Å². The summed E-state index contributed by atoms with van der Waals surface area (Å²) in [5.41, 5.74) is 8.66. The molecule has 2 N–H and O–H groups in total. The molecule has 0 saturated carbocycles. The first-order chi connectivity index (χ1) is 8.13. The second-order valence-electron chi connectivity index (χ2n) is 3.90. The van der Waals surface area contributed by atoms with Crippen LogP contribution in [0.15, 0.2) is 36.4 Å². The Hall–Kier alpha value is -2.03. The van der Waals surface area contributed by atoms with Gasteiger partial charge >= 0.3 is 0 Å². The fourth-order valence-electron chi connectivity index (χ4n) is 1.87. The standard InChI is InChI=1S/C14H14FNO/c1-9-8-10(16)6-7-11(9)12-4-3-5-13(17-2)14(12)15/h3-8H,16H2,1-2H3. The van der Waals surface area contributed by atoms with E-state index in [0.29, 0.717) is 11.3 Å². The Morgan fingerprint density at radius 1 is 1.12 bits per heavy atom. The smallest absolute Gasteiger partial charge is 0.172 e. The van der Waals surface area contributed by atoms with E-state index in [0.717, 1.165) is 11.1 Å². The number of methoxy groups -OCH3 is 1. The van der Waals surface area contributed by atoms with E-state index in [2.05, 4.69) is 0 Å². The maximum atomic E-state index is 14.1. The van der Waals surface area contributed by atoms with E-state index >= 15 is 0 Å². The molecule has 0 aromatic heterocycles. The molecule has 88 valence electrons. The quantitative estimate of drug-likeness (QED) is 0.804. The molecule has 17 heavy (non-hydrogen) atoms. The lowest BCUT2D eigenvalue weighted by Gasteiger charge is -2.10. The second kappa shape index (κ2) is 4.45. The molecule has 2 rings (SSSR count). The number of nitrogens with two attached hydrogens (primary N) is 1. The van der Waals surface area contributed by atoms with Crippen LogP contribution < -0.4 is 10.5 Å². The van der Waals surface area contributed by atoms with Gasteiger partial charge in [-0.2, -0.15) is 0 Å². The first kappa shape index (κ1) is 11.5. The summed E-state index contributed by atoms with van der Waals surface area (Å²) in [6.07, 6.45) is 0. The van der Waals surface area contributed by atoms with Crippen molar-refractivity contribution in [2.45, 2.75) is 6.92 Å². The first-order valence-electron chi connectivity index (χ1n) is 5.32. The van der Waals surface area contributed by atoms with Crippen LogP contribution in [0.2, 0.25) is 0 Å². The van der Waals surface area contributed by atoms with Gasteiger partial charge in [-0.1, -0.05) is 18.2 Å². The van der Waals surface area contributed by atoms with Crippen molar-refractivity contribution >= 4 is 5.69 Å². The van der Waals surface area contributed by atoms with Crippen molar-refractivity contribution in [3.63, 3.8) is 0 Å². The summed E-state index contributed by atoms with van der Waals surface area (Å²) >= 11 is 0. The highest BCUT2D eigenvalue weighted by Gasteiger charge is 2.11. The molecule has 0 bridgehead atoms. The Bertz CT molecular complexity index is 552. The number of hydrogen-bond acceptors (Lipinski definition) is 2. The molecule has 0 saturated heterocycles. The lowest BCUT2D eigenvalue weighted by atomic mass is 9.99. The lowest BCUT2D eigenvalue weighted by molar-refractivity contribution is 0.387. The zero-order chi connectivity index (χ0) is 12.4. The molecule has 0 radical (unpaired) electrons. The van der Waals surface area contributed by atoms with Gasteiger partial charge in [0, 0.05) is 11.3 Å². The van der Waals surface area contributed by atoms with Crippen molar-refractivity contribution in [2.75, 3.05) is 12.8 Å². The summed E-state index contributed by atoms with van der Waals surface area (Å²) in [4.78, 5) is 0. The van der Waals surface area contributed by atoms with Gasteiger partial charge in [0.05, 0.1) is 7.11 Å². The van der Waals surface area contributed by atoms with Crippen LogP contribution in [0.25, 0.3) is 11.1 Å². The highest BCUT2D eigenvalue weighted by Crippen LogP contribution is 2.31. The third-order valence-electron chi connectivity index (χ3n) is 2.72. The number of benzene rings is 2. The summed E-state index contributed by atoms with van der Waals surface area (Å²) < 4.78 is 19.1. The number of nitrogen functional groups attached to an aromatic ring is 1. The van der Waals surface area contributed by atoms with Gasteiger partial charge in [0.2, 0.25) is 0 Å². The van der Waals surface area contributed by atoms with Gasteiger partial charge < -0.3 is 10.5 Å². The number of aryl methyl sites for hydroxylation is 1. The minimum absolute atomic E-state index is 0.249. The van der Waals surface area contributed by atoms with Crippen molar-refractivity contribution < 1.29 is 9.13 Å². The molecule has 2 aromatic rings. The van der Waals surface area contributed by atoms with Gasteiger partial charge in [0.15, 0.2) is 11.6 Å². The fraction of sp³-hybridized carbons (Fsp3) is 0.143. The van der Waals surface area contributed by atoms with Gasteiger partial charge in [0.1, 0.15) is 0 Å². The summed E-state index contributed by atoms with van der Waals surface area (Å²) in [5.74, 6) is -0.0957. The van der Waals surface area contributed by atoms with Crippen molar-refractivity contribution in [3.8, 4) is 16.9 Å². The molecular weight excluding hydrogens is 217 g/mol. The monoisotopic (exact) mass is 231 g/mol. The van der Waals surface area contributed by atoms with Crippen LogP contribution in [0.4, 0.5) is 10.1 Å². The zero-order valence-electron chi connectivity index (χ0n) is 9.83. The molecule has 0 aliphatic heterocycles. The number of rotatable bonds is 2. The van der Waals surface area contributed by atoms with E-state index in [4.69, 9.17) is 10.5 Å². The molecule has 3 heteroatoms. The fourth-order valence-corrected chi connectivity index (χ4v) is 1.87. The predicted octanol–water partition coefficient (Wildman–Crippen LogP) is 3.39. The summed E-state index contributed by atoms with van der Waals surface area (Å²) in [7, 11) is 1.46. The molecule has 0 aliphatic carbocycles. The van der Waals surface area contributed by atoms with Gasteiger partial charge in [-0.3, -0.25) is 0 Å². The molecule has 2 aromatic carbocycles. The summed E-state index contributed by atoms with van der Waals surface area (Å²) in [5, 5.41) is 0. The molecule has 0 amide bonds. The Labute approximate surface area is 99.8 Å². The lowest BCUT2D eigenvalue weighted by Crippen LogP contribution is -1.94. The molecule has 0 aliphatic rings. The molecule has 0 heterocycles. The second-order valence-corrected chi connectivity index (χ2v) is 3.90. The van der Waals surface area contributed by atoms with Crippen LogP contribution >= 0.6 is 0 Å². The number of halogens is 1. The van der Waals surface area contributed by atoms with E-state index in [1.807, 2.05) is 19.1 Å². The van der Waals surface area contributed by atoms with Gasteiger partial charge in [-0.05, 0) is 36.2 Å². The van der Waals surface area contributed by atoms with Crippen molar-refractivity contribution in [1.29, 1.82) is 0 Å². The molecule has 0 spiro atoms.